The van der Waals surface area contributed by atoms with E-state index >= 15 is 0 Å². The van der Waals surface area contributed by atoms with E-state index in [1.54, 1.807) is 0 Å². The number of carboxylic acids is 1. The van der Waals surface area contributed by atoms with Crippen molar-refractivity contribution in [2.45, 2.75) is 38.0 Å². The molecule has 1 aliphatic carbocycles. The first-order valence-electron chi connectivity index (χ1n) is 6.11. The minimum Gasteiger partial charge on any atom is -0.493 e. The fourth-order valence-corrected chi connectivity index (χ4v) is 2.44. The molecule has 0 radical (unpaired) electrons. The second-order valence-corrected chi connectivity index (χ2v) is 4.86. The molecule has 0 bridgehead atoms. The fraction of sp³-hybridized carbons (Fsp3) is 0.500. The van der Waals surface area contributed by atoms with Crippen molar-refractivity contribution in [2.75, 3.05) is 7.11 Å². The number of methoxy groups -OCH3 is 1. The molecule has 1 saturated carbocycles. The lowest BCUT2D eigenvalue weighted by Crippen LogP contribution is -2.15. The van der Waals surface area contributed by atoms with Crippen molar-refractivity contribution in [3.05, 3.63) is 29.1 Å². The van der Waals surface area contributed by atoms with E-state index in [1.807, 2.05) is 13.0 Å². The highest BCUT2D eigenvalue weighted by Crippen LogP contribution is 2.54. The number of aryl methyl sites for hydroxylation is 1. The summed E-state index contributed by atoms with van der Waals surface area (Å²) in [6.45, 7) is 1.95. The molecular formula is C14H17FO3. The lowest BCUT2D eigenvalue weighted by Gasteiger charge is -2.18. The maximum atomic E-state index is 13.9. The van der Waals surface area contributed by atoms with E-state index in [0.717, 1.165) is 24.8 Å². The van der Waals surface area contributed by atoms with Gasteiger partial charge in [-0.05, 0) is 30.9 Å². The molecule has 0 aliphatic heterocycles. The van der Waals surface area contributed by atoms with Crippen molar-refractivity contribution in [2.24, 2.45) is 0 Å². The summed E-state index contributed by atoms with van der Waals surface area (Å²) in [5, 5.41) is 8.98. The minimum atomic E-state index is -0.850. The van der Waals surface area contributed by atoms with Crippen LogP contribution >= 0.6 is 0 Å². The van der Waals surface area contributed by atoms with Crippen LogP contribution in [0.1, 0.15) is 37.3 Å². The van der Waals surface area contributed by atoms with Crippen molar-refractivity contribution in [3.8, 4) is 5.75 Å². The molecule has 1 aromatic carbocycles. The SMILES string of the molecule is CCc1cc(F)c(OC)c(C2(CC(=O)O)CC2)c1. The Bertz CT molecular complexity index is 478. The van der Waals surface area contributed by atoms with Gasteiger partial charge in [0.05, 0.1) is 13.5 Å². The van der Waals surface area contributed by atoms with Gasteiger partial charge in [-0.2, -0.15) is 0 Å². The van der Waals surface area contributed by atoms with Gasteiger partial charge in [-0.1, -0.05) is 13.0 Å². The van der Waals surface area contributed by atoms with Crippen LogP contribution in [0.5, 0.6) is 5.75 Å². The number of hydrogen-bond donors (Lipinski definition) is 1. The van der Waals surface area contributed by atoms with Crippen molar-refractivity contribution in [3.63, 3.8) is 0 Å². The van der Waals surface area contributed by atoms with Gasteiger partial charge in [0.15, 0.2) is 11.6 Å². The average molecular weight is 252 g/mol. The number of carbonyl (C=O) groups is 1. The molecule has 1 aromatic rings. The minimum absolute atomic E-state index is 0.0377. The third-order valence-corrected chi connectivity index (χ3v) is 3.63. The van der Waals surface area contributed by atoms with Crippen LogP contribution in [0.3, 0.4) is 0 Å². The topological polar surface area (TPSA) is 46.5 Å². The second-order valence-electron chi connectivity index (χ2n) is 4.86. The molecule has 1 N–H and O–H groups in total. The summed E-state index contributed by atoms with van der Waals surface area (Å²) < 4.78 is 19.0. The third kappa shape index (κ3) is 2.19. The summed E-state index contributed by atoms with van der Waals surface area (Å²) in [5.74, 6) is -1.05. The van der Waals surface area contributed by atoms with Gasteiger partial charge < -0.3 is 9.84 Å². The molecule has 0 aromatic heterocycles. The van der Waals surface area contributed by atoms with Crippen molar-refractivity contribution < 1.29 is 19.0 Å². The smallest absolute Gasteiger partial charge is 0.304 e. The van der Waals surface area contributed by atoms with Crippen LogP contribution in [0.4, 0.5) is 4.39 Å². The molecular weight excluding hydrogens is 235 g/mol. The van der Waals surface area contributed by atoms with Crippen LogP contribution in [-0.2, 0) is 16.6 Å². The standard InChI is InChI=1S/C14H17FO3/c1-3-9-6-10(13(18-2)11(15)7-9)14(4-5-14)8-12(16)17/h6-7H,3-5,8H2,1-2H3,(H,16,17). The Morgan fingerprint density at radius 1 is 1.50 bits per heavy atom. The van der Waals surface area contributed by atoms with Crippen molar-refractivity contribution in [1.82, 2.24) is 0 Å². The van der Waals surface area contributed by atoms with E-state index in [9.17, 15) is 9.18 Å². The predicted octanol–water partition coefficient (Wildman–Crippen LogP) is 2.90. The van der Waals surface area contributed by atoms with E-state index in [4.69, 9.17) is 9.84 Å². The summed E-state index contributed by atoms with van der Waals surface area (Å²) in [6, 6.07) is 3.34. The maximum absolute atomic E-state index is 13.9. The first-order valence-corrected chi connectivity index (χ1v) is 6.11. The number of rotatable bonds is 5. The van der Waals surface area contributed by atoms with Crippen LogP contribution in [0.2, 0.25) is 0 Å². The Balaban J connectivity index is 2.48. The average Bonchev–Trinajstić information content (AvgIpc) is 3.07. The Morgan fingerprint density at radius 2 is 2.17 bits per heavy atom. The molecule has 18 heavy (non-hydrogen) atoms. The lowest BCUT2D eigenvalue weighted by atomic mass is 9.89. The highest BCUT2D eigenvalue weighted by atomic mass is 19.1. The molecule has 0 amide bonds. The molecule has 98 valence electrons. The Kier molecular flexibility index (Phi) is 3.28. The highest BCUT2D eigenvalue weighted by Gasteiger charge is 2.48. The van der Waals surface area contributed by atoms with E-state index in [0.29, 0.717) is 5.56 Å². The third-order valence-electron chi connectivity index (χ3n) is 3.63. The largest absolute Gasteiger partial charge is 0.493 e. The van der Waals surface area contributed by atoms with Crippen LogP contribution in [0.25, 0.3) is 0 Å². The number of hydrogen-bond acceptors (Lipinski definition) is 2. The van der Waals surface area contributed by atoms with E-state index < -0.39 is 17.2 Å². The van der Waals surface area contributed by atoms with Gasteiger partial charge in [0.2, 0.25) is 0 Å². The van der Waals surface area contributed by atoms with Gasteiger partial charge in [-0.15, -0.1) is 0 Å². The number of halogens is 1. The summed E-state index contributed by atoms with van der Waals surface area (Å²) in [6.07, 6.45) is 2.32. The molecule has 0 saturated heterocycles. The first kappa shape index (κ1) is 12.9. The number of aliphatic carboxylic acids is 1. The Labute approximate surface area is 106 Å². The summed E-state index contributed by atoms with van der Waals surface area (Å²) in [4.78, 5) is 10.9. The molecule has 0 unspecified atom stereocenters. The maximum Gasteiger partial charge on any atom is 0.304 e. The predicted molar refractivity (Wildman–Crippen MR) is 65.5 cm³/mol. The zero-order valence-electron chi connectivity index (χ0n) is 10.6. The molecule has 2 rings (SSSR count). The number of ether oxygens (including phenoxy) is 1. The van der Waals surface area contributed by atoms with Gasteiger partial charge >= 0.3 is 5.97 Å². The Morgan fingerprint density at radius 3 is 2.61 bits per heavy atom. The summed E-state index contributed by atoms with van der Waals surface area (Å²) >= 11 is 0. The van der Waals surface area contributed by atoms with Gasteiger partial charge in [-0.25, -0.2) is 4.39 Å². The lowest BCUT2D eigenvalue weighted by molar-refractivity contribution is -0.137. The highest BCUT2D eigenvalue weighted by molar-refractivity contribution is 5.70. The van der Waals surface area contributed by atoms with Crippen LogP contribution < -0.4 is 4.74 Å². The molecule has 0 atom stereocenters. The zero-order valence-corrected chi connectivity index (χ0v) is 10.6. The van der Waals surface area contributed by atoms with Crippen molar-refractivity contribution in [1.29, 1.82) is 0 Å². The second kappa shape index (κ2) is 4.59. The monoisotopic (exact) mass is 252 g/mol. The fourth-order valence-electron chi connectivity index (χ4n) is 2.44. The van der Waals surface area contributed by atoms with E-state index in [2.05, 4.69) is 0 Å². The number of benzene rings is 1. The molecule has 3 nitrogen and oxygen atoms in total. The van der Waals surface area contributed by atoms with Gasteiger partial charge in [0.25, 0.3) is 0 Å². The van der Waals surface area contributed by atoms with Gasteiger partial charge in [-0.3, -0.25) is 4.79 Å². The Hall–Kier alpha value is -1.58. The van der Waals surface area contributed by atoms with E-state index in [-0.39, 0.29) is 12.2 Å². The summed E-state index contributed by atoms with van der Waals surface area (Å²) in [5.41, 5.74) is 1.16. The molecule has 0 spiro atoms. The zero-order chi connectivity index (χ0) is 13.3. The molecule has 1 fully saturated rings. The first-order chi connectivity index (χ1) is 8.52. The number of carboxylic acid groups (broad SMARTS) is 1. The molecule has 4 heteroatoms. The normalized spacial score (nSPS) is 16.4. The van der Waals surface area contributed by atoms with Crippen molar-refractivity contribution >= 4 is 5.97 Å². The molecule has 1 aliphatic rings. The van der Waals surface area contributed by atoms with Gasteiger partial charge in [0, 0.05) is 11.0 Å². The quantitative estimate of drug-likeness (QED) is 0.876. The van der Waals surface area contributed by atoms with Gasteiger partial charge in [0.1, 0.15) is 0 Å². The van der Waals surface area contributed by atoms with Crippen LogP contribution in [0.15, 0.2) is 12.1 Å². The molecule has 0 heterocycles. The van der Waals surface area contributed by atoms with E-state index in [1.165, 1.54) is 13.2 Å². The summed E-state index contributed by atoms with van der Waals surface area (Å²) in [7, 11) is 1.42. The van der Waals surface area contributed by atoms with Crippen LogP contribution in [0, 0.1) is 5.82 Å². The van der Waals surface area contributed by atoms with Crippen LogP contribution in [-0.4, -0.2) is 18.2 Å².